The molecule has 2 rings (SSSR count). The average Bonchev–Trinajstić information content (AvgIpc) is 2.38. The summed E-state index contributed by atoms with van der Waals surface area (Å²) in [6, 6.07) is 0.636. The largest absolute Gasteiger partial charge is 0.369 e. The molecule has 1 heterocycles. The van der Waals surface area contributed by atoms with Crippen molar-refractivity contribution in [2.75, 3.05) is 6.54 Å². The molecule has 0 radical (unpaired) electrons. The second-order valence-corrected chi connectivity index (χ2v) is 7.47. The van der Waals surface area contributed by atoms with Crippen molar-refractivity contribution in [2.45, 2.75) is 84.0 Å². The van der Waals surface area contributed by atoms with Gasteiger partial charge in [0.05, 0.1) is 11.2 Å². The van der Waals surface area contributed by atoms with Gasteiger partial charge < -0.3 is 10.1 Å². The van der Waals surface area contributed by atoms with Crippen LogP contribution in [0, 0.1) is 11.8 Å². The Morgan fingerprint density at radius 3 is 2.28 bits per heavy atom. The molecule has 0 aromatic heterocycles. The maximum atomic E-state index is 6.27. The molecule has 1 aliphatic carbocycles. The summed E-state index contributed by atoms with van der Waals surface area (Å²) in [7, 11) is 0. The second-order valence-electron chi connectivity index (χ2n) is 7.47. The lowest BCUT2D eigenvalue weighted by atomic mass is 9.73. The predicted molar refractivity (Wildman–Crippen MR) is 76.8 cm³/mol. The van der Waals surface area contributed by atoms with Gasteiger partial charge in [0.15, 0.2) is 0 Å². The van der Waals surface area contributed by atoms with Gasteiger partial charge in [0.25, 0.3) is 0 Å². The van der Waals surface area contributed by atoms with Crippen molar-refractivity contribution >= 4 is 0 Å². The molecule has 2 aliphatic rings. The molecule has 2 fully saturated rings. The van der Waals surface area contributed by atoms with Crippen LogP contribution in [0.5, 0.6) is 0 Å². The highest BCUT2D eigenvalue weighted by Crippen LogP contribution is 2.45. The Bertz CT molecular complexity index is 281. The van der Waals surface area contributed by atoms with E-state index in [2.05, 4.69) is 39.9 Å². The van der Waals surface area contributed by atoms with E-state index in [9.17, 15) is 0 Å². The SMILES string of the molecule is CCNC(CC1CCC1)C1CC(C)(C)OC1(C)C. The van der Waals surface area contributed by atoms with E-state index in [4.69, 9.17) is 4.74 Å². The van der Waals surface area contributed by atoms with Crippen LogP contribution in [-0.4, -0.2) is 23.8 Å². The Morgan fingerprint density at radius 2 is 1.89 bits per heavy atom. The number of ether oxygens (including phenoxy) is 1. The third-order valence-electron chi connectivity index (χ3n) is 4.91. The second kappa shape index (κ2) is 5.13. The quantitative estimate of drug-likeness (QED) is 0.805. The molecule has 1 aliphatic heterocycles. The summed E-state index contributed by atoms with van der Waals surface area (Å²) < 4.78 is 6.27. The van der Waals surface area contributed by atoms with Crippen LogP contribution in [-0.2, 0) is 4.74 Å². The smallest absolute Gasteiger partial charge is 0.0677 e. The minimum Gasteiger partial charge on any atom is -0.369 e. The number of hydrogen-bond donors (Lipinski definition) is 1. The van der Waals surface area contributed by atoms with Gasteiger partial charge in [0.2, 0.25) is 0 Å². The zero-order valence-corrected chi connectivity index (χ0v) is 12.9. The van der Waals surface area contributed by atoms with Crippen molar-refractivity contribution in [3.63, 3.8) is 0 Å². The molecule has 2 atom stereocenters. The van der Waals surface area contributed by atoms with Crippen LogP contribution in [0.3, 0.4) is 0 Å². The first-order valence-corrected chi connectivity index (χ1v) is 7.77. The molecule has 0 bridgehead atoms. The minimum absolute atomic E-state index is 0.0140. The Hall–Kier alpha value is -0.0800. The van der Waals surface area contributed by atoms with E-state index in [1.165, 1.54) is 32.1 Å². The maximum absolute atomic E-state index is 6.27. The van der Waals surface area contributed by atoms with E-state index in [1.54, 1.807) is 0 Å². The van der Waals surface area contributed by atoms with Crippen LogP contribution in [0.2, 0.25) is 0 Å². The van der Waals surface area contributed by atoms with Crippen molar-refractivity contribution in [2.24, 2.45) is 11.8 Å². The van der Waals surface area contributed by atoms with Crippen molar-refractivity contribution in [3.8, 4) is 0 Å². The summed E-state index contributed by atoms with van der Waals surface area (Å²) in [5.41, 5.74) is 0.0571. The molecular formula is C16H31NO. The highest BCUT2D eigenvalue weighted by molar-refractivity contribution is 5.00. The zero-order chi connectivity index (χ0) is 13.4. The van der Waals surface area contributed by atoms with Crippen molar-refractivity contribution in [1.29, 1.82) is 0 Å². The minimum atomic E-state index is 0.0140. The summed E-state index contributed by atoms with van der Waals surface area (Å²) >= 11 is 0. The summed E-state index contributed by atoms with van der Waals surface area (Å²) in [4.78, 5) is 0. The zero-order valence-electron chi connectivity index (χ0n) is 12.9. The van der Waals surface area contributed by atoms with Gasteiger partial charge in [0, 0.05) is 12.0 Å². The van der Waals surface area contributed by atoms with E-state index in [1.807, 2.05) is 0 Å². The Morgan fingerprint density at radius 1 is 1.22 bits per heavy atom. The van der Waals surface area contributed by atoms with E-state index in [0.717, 1.165) is 12.5 Å². The molecule has 0 amide bonds. The fraction of sp³-hybridized carbons (Fsp3) is 1.00. The van der Waals surface area contributed by atoms with Crippen molar-refractivity contribution in [1.82, 2.24) is 5.32 Å². The first kappa shape index (κ1) is 14.3. The van der Waals surface area contributed by atoms with Gasteiger partial charge in [-0.3, -0.25) is 0 Å². The van der Waals surface area contributed by atoms with Crippen LogP contribution >= 0.6 is 0 Å². The molecule has 2 heteroatoms. The van der Waals surface area contributed by atoms with E-state index in [-0.39, 0.29) is 11.2 Å². The highest BCUT2D eigenvalue weighted by Gasteiger charge is 2.49. The van der Waals surface area contributed by atoms with Gasteiger partial charge in [-0.25, -0.2) is 0 Å². The molecule has 18 heavy (non-hydrogen) atoms. The third-order valence-corrected chi connectivity index (χ3v) is 4.91. The van der Waals surface area contributed by atoms with E-state index in [0.29, 0.717) is 12.0 Å². The maximum Gasteiger partial charge on any atom is 0.0677 e. The molecule has 0 aromatic rings. The molecule has 1 N–H and O–H groups in total. The fourth-order valence-corrected chi connectivity index (χ4v) is 3.97. The Labute approximate surface area is 113 Å². The van der Waals surface area contributed by atoms with E-state index < -0.39 is 0 Å². The normalized spacial score (nSPS) is 32.2. The van der Waals surface area contributed by atoms with Gasteiger partial charge in [-0.05, 0) is 53.0 Å². The molecule has 106 valence electrons. The van der Waals surface area contributed by atoms with Gasteiger partial charge in [-0.15, -0.1) is 0 Å². The molecule has 0 aromatic carbocycles. The molecule has 0 spiro atoms. The predicted octanol–water partition coefficient (Wildman–Crippen LogP) is 3.75. The van der Waals surface area contributed by atoms with Gasteiger partial charge in [-0.1, -0.05) is 26.2 Å². The van der Waals surface area contributed by atoms with Gasteiger partial charge >= 0.3 is 0 Å². The van der Waals surface area contributed by atoms with E-state index >= 15 is 0 Å². The lowest BCUT2D eigenvalue weighted by Crippen LogP contribution is -2.45. The van der Waals surface area contributed by atoms with Crippen LogP contribution in [0.4, 0.5) is 0 Å². The molecule has 2 nitrogen and oxygen atoms in total. The Balaban J connectivity index is 2.04. The van der Waals surface area contributed by atoms with Crippen LogP contribution < -0.4 is 5.32 Å². The lowest BCUT2D eigenvalue weighted by Gasteiger charge is -2.37. The van der Waals surface area contributed by atoms with Crippen LogP contribution in [0.25, 0.3) is 0 Å². The standard InChI is InChI=1S/C16H31NO/c1-6-17-14(10-12-8-7-9-12)13-11-15(2,3)18-16(13,4)5/h12-14,17H,6-11H2,1-5H3. The first-order chi connectivity index (χ1) is 8.34. The first-order valence-electron chi connectivity index (χ1n) is 7.77. The summed E-state index contributed by atoms with van der Waals surface area (Å²) in [6.45, 7) is 12.3. The summed E-state index contributed by atoms with van der Waals surface area (Å²) in [5, 5.41) is 3.74. The van der Waals surface area contributed by atoms with Crippen molar-refractivity contribution < 1.29 is 4.74 Å². The molecule has 1 saturated heterocycles. The third kappa shape index (κ3) is 3.08. The number of rotatable bonds is 5. The van der Waals surface area contributed by atoms with Crippen molar-refractivity contribution in [3.05, 3.63) is 0 Å². The Kier molecular flexibility index (Phi) is 4.08. The summed E-state index contributed by atoms with van der Waals surface area (Å²) in [6.07, 6.45) is 6.86. The highest BCUT2D eigenvalue weighted by atomic mass is 16.5. The number of hydrogen-bond acceptors (Lipinski definition) is 2. The van der Waals surface area contributed by atoms with Crippen LogP contribution in [0.15, 0.2) is 0 Å². The molecule has 2 unspecified atom stereocenters. The fourth-order valence-electron chi connectivity index (χ4n) is 3.97. The lowest BCUT2D eigenvalue weighted by molar-refractivity contribution is -0.0785. The van der Waals surface area contributed by atoms with Gasteiger partial charge in [-0.2, -0.15) is 0 Å². The summed E-state index contributed by atoms with van der Waals surface area (Å²) in [5.74, 6) is 1.61. The monoisotopic (exact) mass is 253 g/mol. The van der Waals surface area contributed by atoms with Crippen LogP contribution in [0.1, 0.15) is 66.7 Å². The van der Waals surface area contributed by atoms with Gasteiger partial charge in [0.1, 0.15) is 0 Å². The molecule has 1 saturated carbocycles. The molecular weight excluding hydrogens is 222 g/mol. The average molecular weight is 253 g/mol. The number of nitrogens with one attached hydrogen (secondary N) is 1. The topological polar surface area (TPSA) is 21.3 Å².